The predicted octanol–water partition coefficient (Wildman–Crippen LogP) is 1.67. The molecule has 0 aromatic heterocycles. The topological polar surface area (TPSA) is 79.2 Å². The molecule has 5 nitrogen and oxygen atoms in total. The van der Waals surface area contributed by atoms with Gasteiger partial charge in [0.1, 0.15) is 17.6 Å². The van der Waals surface area contributed by atoms with Crippen molar-refractivity contribution in [3.05, 3.63) is 22.3 Å². The largest absolute Gasteiger partial charge is 0.496 e. The van der Waals surface area contributed by atoms with E-state index in [2.05, 4.69) is 0 Å². The summed E-state index contributed by atoms with van der Waals surface area (Å²) in [6.45, 7) is 6.97. The van der Waals surface area contributed by atoms with Crippen molar-refractivity contribution in [2.24, 2.45) is 0 Å². The lowest BCUT2D eigenvalue weighted by Gasteiger charge is -2.29. The van der Waals surface area contributed by atoms with E-state index in [1.54, 1.807) is 14.2 Å². The molecule has 0 aliphatic heterocycles. The highest BCUT2D eigenvalue weighted by atomic mass is 16.5. The van der Waals surface area contributed by atoms with Crippen LogP contribution in [0.15, 0.2) is 0 Å². The number of aliphatic hydroxyl groups is 3. The minimum atomic E-state index is -1.36. The normalized spacial score (nSPS) is 15.3. The predicted molar refractivity (Wildman–Crippen MR) is 85.8 cm³/mol. The molecule has 0 heterocycles. The molecule has 1 aromatic carbocycles. The van der Waals surface area contributed by atoms with E-state index in [0.29, 0.717) is 12.8 Å². The fraction of sp³-hybridized carbons (Fsp3) is 0.647. The molecule has 5 heteroatoms. The van der Waals surface area contributed by atoms with Crippen LogP contribution in [0.4, 0.5) is 0 Å². The van der Waals surface area contributed by atoms with E-state index in [4.69, 9.17) is 14.6 Å². The van der Waals surface area contributed by atoms with Crippen LogP contribution < -0.4 is 9.47 Å². The third-order valence-corrected chi connectivity index (χ3v) is 4.49. The summed E-state index contributed by atoms with van der Waals surface area (Å²) in [5.74, 6) is 1.60. The van der Waals surface area contributed by atoms with Crippen molar-refractivity contribution in [3.63, 3.8) is 0 Å². The second-order valence-electron chi connectivity index (χ2n) is 5.98. The molecular formula is C17H28O5. The molecule has 0 fully saturated rings. The summed E-state index contributed by atoms with van der Waals surface area (Å²) in [5.41, 5.74) is 2.59. The van der Waals surface area contributed by atoms with Gasteiger partial charge in [0.2, 0.25) is 0 Å². The number of methoxy groups -OCH3 is 2. The van der Waals surface area contributed by atoms with Crippen LogP contribution >= 0.6 is 0 Å². The van der Waals surface area contributed by atoms with E-state index in [0.717, 1.165) is 33.8 Å². The zero-order chi connectivity index (χ0) is 17.1. The third-order valence-electron chi connectivity index (χ3n) is 4.49. The first-order chi connectivity index (χ1) is 10.2. The third kappa shape index (κ3) is 3.54. The van der Waals surface area contributed by atoms with Gasteiger partial charge in [-0.05, 0) is 57.2 Å². The number of ether oxygens (including phenoxy) is 2. The van der Waals surface area contributed by atoms with E-state index >= 15 is 0 Å². The van der Waals surface area contributed by atoms with Crippen LogP contribution in [0.1, 0.15) is 35.6 Å². The maximum absolute atomic E-state index is 10.3. The fourth-order valence-electron chi connectivity index (χ4n) is 2.78. The lowest BCUT2D eigenvalue weighted by atomic mass is 9.88. The van der Waals surface area contributed by atoms with Gasteiger partial charge < -0.3 is 24.8 Å². The number of rotatable bonds is 7. The van der Waals surface area contributed by atoms with Crippen LogP contribution in [0.2, 0.25) is 0 Å². The van der Waals surface area contributed by atoms with Crippen LogP contribution in [0.3, 0.4) is 0 Å². The molecule has 0 spiro atoms. The smallest absolute Gasteiger partial charge is 0.125 e. The molecule has 3 N–H and O–H groups in total. The van der Waals surface area contributed by atoms with Gasteiger partial charge in [-0.25, -0.2) is 0 Å². The molecule has 2 atom stereocenters. The molecule has 0 aliphatic rings. The Hall–Kier alpha value is -1.30. The van der Waals surface area contributed by atoms with Crippen molar-refractivity contribution in [1.82, 2.24) is 0 Å². The Labute approximate surface area is 132 Å². The number of hydrogen-bond donors (Lipinski definition) is 3. The van der Waals surface area contributed by atoms with E-state index in [-0.39, 0.29) is 0 Å². The van der Waals surface area contributed by atoms with Gasteiger partial charge in [-0.3, -0.25) is 0 Å². The van der Waals surface area contributed by atoms with E-state index < -0.39 is 18.3 Å². The minimum Gasteiger partial charge on any atom is -0.496 e. The molecule has 0 saturated carbocycles. The van der Waals surface area contributed by atoms with Crippen molar-refractivity contribution in [1.29, 1.82) is 0 Å². The Kier molecular flexibility index (Phi) is 6.23. The van der Waals surface area contributed by atoms with Crippen LogP contribution in [0, 0.1) is 20.8 Å². The van der Waals surface area contributed by atoms with E-state index in [1.807, 2.05) is 20.8 Å². The van der Waals surface area contributed by atoms with Gasteiger partial charge >= 0.3 is 0 Å². The molecule has 126 valence electrons. The first-order valence-corrected chi connectivity index (χ1v) is 7.43. The highest BCUT2D eigenvalue weighted by Crippen LogP contribution is 2.38. The van der Waals surface area contributed by atoms with E-state index in [1.165, 1.54) is 6.92 Å². The molecule has 0 unspecified atom stereocenters. The van der Waals surface area contributed by atoms with Gasteiger partial charge in [-0.1, -0.05) is 0 Å². The molecule has 0 bridgehead atoms. The summed E-state index contributed by atoms with van der Waals surface area (Å²) in [4.78, 5) is 0. The summed E-state index contributed by atoms with van der Waals surface area (Å²) >= 11 is 0. The van der Waals surface area contributed by atoms with Gasteiger partial charge in [-0.15, -0.1) is 0 Å². The van der Waals surface area contributed by atoms with E-state index in [9.17, 15) is 10.2 Å². The van der Waals surface area contributed by atoms with Crippen LogP contribution in [0.5, 0.6) is 11.5 Å². The van der Waals surface area contributed by atoms with Crippen LogP contribution in [-0.4, -0.2) is 47.9 Å². The summed E-state index contributed by atoms with van der Waals surface area (Å²) in [7, 11) is 3.26. The first-order valence-electron chi connectivity index (χ1n) is 7.43. The average Bonchev–Trinajstić information content (AvgIpc) is 2.49. The molecule has 0 radical (unpaired) electrons. The van der Waals surface area contributed by atoms with Crippen molar-refractivity contribution in [3.8, 4) is 11.5 Å². The average molecular weight is 312 g/mol. The monoisotopic (exact) mass is 312 g/mol. The van der Waals surface area contributed by atoms with Gasteiger partial charge in [-0.2, -0.15) is 0 Å². The lowest BCUT2D eigenvalue weighted by molar-refractivity contribution is -0.0870. The Morgan fingerprint density at radius 2 is 1.50 bits per heavy atom. The first kappa shape index (κ1) is 18.7. The summed E-state index contributed by atoms with van der Waals surface area (Å²) < 4.78 is 11.0. The Morgan fingerprint density at radius 1 is 1.00 bits per heavy atom. The highest BCUT2D eigenvalue weighted by molar-refractivity contribution is 5.58. The van der Waals surface area contributed by atoms with Crippen molar-refractivity contribution >= 4 is 0 Å². The maximum Gasteiger partial charge on any atom is 0.125 e. The quantitative estimate of drug-likeness (QED) is 0.714. The molecule has 22 heavy (non-hydrogen) atoms. The molecule has 0 amide bonds. The Balaban J connectivity index is 3.22. The molecule has 1 aromatic rings. The second kappa shape index (κ2) is 7.31. The van der Waals surface area contributed by atoms with Gasteiger partial charge in [0.05, 0.1) is 26.4 Å². The van der Waals surface area contributed by atoms with Gasteiger partial charge in [0.15, 0.2) is 0 Å². The Morgan fingerprint density at radius 3 is 1.95 bits per heavy atom. The summed E-state index contributed by atoms with van der Waals surface area (Å²) in [6, 6.07) is 0. The Bertz CT molecular complexity index is 523. The van der Waals surface area contributed by atoms with Crippen LogP contribution in [-0.2, 0) is 6.42 Å². The molecule has 0 aliphatic carbocycles. The SMILES string of the molecule is COc1c(C)c(C)c(OC)c(CC[C@](C)(O)[C@@H](O)CO)c1C. The number of aliphatic hydroxyl groups excluding tert-OH is 2. The zero-order valence-corrected chi connectivity index (χ0v) is 14.4. The van der Waals surface area contributed by atoms with Crippen LogP contribution in [0.25, 0.3) is 0 Å². The lowest BCUT2D eigenvalue weighted by Crippen LogP contribution is -2.42. The van der Waals surface area contributed by atoms with Crippen molar-refractivity contribution in [2.75, 3.05) is 20.8 Å². The molecule has 0 saturated heterocycles. The maximum atomic E-state index is 10.3. The highest BCUT2D eigenvalue weighted by Gasteiger charge is 2.30. The van der Waals surface area contributed by atoms with Gasteiger partial charge in [0.25, 0.3) is 0 Å². The zero-order valence-electron chi connectivity index (χ0n) is 14.4. The van der Waals surface area contributed by atoms with Crippen molar-refractivity contribution in [2.45, 2.75) is 52.2 Å². The number of hydrogen-bond acceptors (Lipinski definition) is 5. The second-order valence-corrected chi connectivity index (χ2v) is 5.98. The minimum absolute atomic E-state index is 0.303. The summed E-state index contributed by atoms with van der Waals surface area (Å²) in [5, 5.41) is 29.0. The van der Waals surface area contributed by atoms with Crippen molar-refractivity contribution < 1.29 is 24.8 Å². The molecule has 1 rings (SSSR count). The van der Waals surface area contributed by atoms with Gasteiger partial charge in [0, 0.05) is 5.56 Å². The number of benzene rings is 1. The standard InChI is InChI=1S/C17H28O5/c1-10-11(2)16(22-6)13(12(3)15(10)21-5)7-8-17(4,20)14(19)9-18/h14,18-20H,7-9H2,1-6H3/t14-,17-/m0/s1. The molecular weight excluding hydrogens is 284 g/mol. The summed E-state index contributed by atoms with van der Waals surface area (Å²) in [6.07, 6.45) is -0.360. The fourth-order valence-corrected chi connectivity index (χ4v) is 2.78.